The second-order valence-electron chi connectivity index (χ2n) is 4.76. The van der Waals surface area contributed by atoms with Gasteiger partial charge in [0.2, 0.25) is 15.9 Å². The van der Waals surface area contributed by atoms with E-state index in [0.717, 1.165) is 18.4 Å². The molecule has 0 aliphatic carbocycles. The maximum Gasteiger partial charge on any atom is 0.245 e. The van der Waals surface area contributed by atoms with Crippen LogP contribution in [0, 0.1) is 0 Å². The molecule has 0 spiro atoms. The number of nitrogens with zero attached hydrogens (tertiary/aromatic N) is 2. The van der Waals surface area contributed by atoms with Crippen LogP contribution >= 0.6 is 0 Å². The molecule has 6 heteroatoms. The Hall–Kier alpha value is -1.40. The van der Waals surface area contributed by atoms with Crippen LogP contribution in [0.3, 0.4) is 0 Å². The molecule has 5 nitrogen and oxygen atoms in total. The maximum absolute atomic E-state index is 12.4. The van der Waals surface area contributed by atoms with Crippen LogP contribution in [-0.4, -0.2) is 44.5 Å². The Morgan fingerprint density at radius 3 is 2.53 bits per heavy atom. The number of hydrogen-bond donors (Lipinski definition) is 0. The van der Waals surface area contributed by atoms with E-state index in [1.807, 2.05) is 30.3 Å². The molecule has 1 aliphatic rings. The summed E-state index contributed by atoms with van der Waals surface area (Å²) >= 11 is 0. The van der Waals surface area contributed by atoms with Gasteiger partial charge < -0.3 is 4.90 Å². The van der Waals surface area contributed by atoms with Crippen molar-refractivity contribution in [2.24, 2.45) is 0 Å². The monoisotopic (exact) mass is 282 g/mol. The molecule has 0 saturated carbocycles. The Balaban J connectivity index is 2.20. The summed E-state index contributed by atoms with van der Waals surface area (Å²) in [5, 5.41) is 0. The molecule has 0 aromatic heterocycles. The minimum Gasteiger partial charge on any atom is -0.314 e. The first-order chi connectivity index (χ1) is 8.91. The van der Waals surface area contributed by atoms with Gasteiger partial charge in [0.1, 0.15) is 6.04 Å². The van der Waals surface area contributed by atoms with Crippen LogP contribution < -0.4 is 4.90 Å². The zero-order chi connectivity index (χ0) is 14.0. The van der Waals surface area contributed by atoms with E-state index in [1.165, 1.54) is 9.21 Å². The van der Waals surface area contributed by atoms with E-state index in [2.05, 4.69) is 0 Å². The smallest absolute Gasteiger partial charge is 0.245 e. The van der Waals surface area contributed by atoms with Crippen LogP contribution in [0.4, 0.5) is 5.69 Å². The fourth-order valence-corrected chi connectivity index (χ4v) is 3.50. The first-order valence-corrected chi connectivity index (χ1v) is 8.05. The molecule has 1 aliphatic heterocycles. The predicted octanol–water partition coefficient (Wildman–Crippen LogP) is 1.07. The van der Waals surface area contributed by atoms with Crippen molar-refractivity contribution in [1.29, 1.82) is 0 Å². The van der Waals surface area contributed by atoms with Gasteiger partial charge in [-0.1, -0.05) is 18.2 Å². The van der Waals surface area contributed by atoms with Crippen LogP contribution in [-0.2, 0) is 14.8 Å². The van der Waals surface area contributed by atoms with E-state index in [9.17, 15) is 13.2 Å². The molecule has 1 unspecified atom stereocenters. The topological polar surface area (TPSA) is 57.7 Å². The lowest BCUT2D eigenvalue weighted by Crippen LogP contribution is -2.46. The summed E-state index contributed by atoms with van der Waals surface area (Å²) in [6, 6.07) is 8.67. The van der Waals surface area contributed by atoms with E-state index in [1.54, 1.807) is 7.05 Å². The number of carbonyl (C=O) groups is 1. The van der Waals surface area contributed by atoms with Gasteiger partial charge in [-0.3, -0.25) is 4.79 Å². The molecule has 1 saturated heterocycles. The SMILES string of the molecule is CN(C(=O)C1CCCN1S(C)(=O)=O)c1ccccc1. The van der Waals surface area contributed by atoms with E-state index < -0.39 is 16.1 Å². The molecule has 104 valence electrons. The van der Waals surface area contributed by atoms with Crippen molar-refractivity contribution in [3.05, 3.63) is 30.3 Å². The third kappa shape index (κ3) is 2.96. The number of anilines is 1. The predicted molar refractivity (Wildman–Crippen MR) is 74.4 cm³/mol. The zero-order valence-electron chi connectivity index (χ0n) is 11.1. The lowest BCUT2D eigenvalue weighted by atomic mass is 10.2. The van der Waals surface area contributed by atoms with Crippen LogP contribution in [0.2, 0.25) is 0 Å². The number of sulfonamides is 1. The number of likely N-dealkylation sites (N-methyl/N-ethyl adjacent to an activating group) is 1. The summed E-state index contributed by atoms with van der Waals surface area (Å²) in [7, 11) is -1.65. The van der Waals surface area contributed by atoms with E-state index in [4.69, 9.17) is 0 Å². The average molecular weight is 282 g/mol. The largest absolute Gasteiger partial charge is 0.314 e. The molecule has 1 aromatic carbocycles. The highest BCUT2D eigenvalue weighted by molar-refractivity contribution is 7.88. The van der Waals surface area contributed by atoms with Gasteiger partial charge in [0.15, 0.2) is 0 Å². The van der Waals surface area contributed by atoms with Gasteiger partial charge in [-0.25, -0.2) is 8.42 Å². The first-order valence-electron chi connectivity index (χ1n) is 6.20. The molecule has 1 fully saturated rings. The highest BCUT2D eigenvalue weighted by Gasteiger charge is 2.37. The summed E-state index contributed by atoms with van der Waals surface area (Å²) in [6.07, 6.45) is 2.47. The molecule has 1 amide bonds. The Morgan fingerprint density at radius 1 is 1.32 bits per heavy atom. The van der Waals surface area contributed by atoms with Crippen molar-refractivity contribution in [2.75, 3.05) is 24.7 Å². The molecule has 0 N–H and O–H groups in total. The van der Waals surface area contributed by atoms with Crippen LogP contribution in [0.25, 0.3) is 0 Å². The minimum atomic E-state index is -3.33. The third-order valence-corrected chi connectivity index (χ3v) is 4.68. The number of para-hydroxylation sites is 1. The third-order valence-electron chi connectivity index (χ3n) is 3.39. The van der Waals surface area contributed by atoms with Crippen molar-refractivity contribution in [3.8, 4) is 0 Å². The van der Waals surface area contributed by atoms with Gasteiger partial charge in [0.05, 0.1) is 6.26 Å². The van der Waals surface area contributed by atoms with Crippen molar-refractivity contribution in [2.45, 2.75) is 18.9 Å². The van der Waals surface area contributed by atoms with Gasteiger partial charge in [-0.15, -0.1) is 0 Å². The number of amides is 1. The van der Waals surface area contributed by atoms with Gasteiger partial charge >= 0.3 is 0 Å². The Bertz CT molecular complexity index is 557. The molecule has 0 bridgehead atoms. The summed E-state index contributed by atoms with van der Waals surface area (Å²) in [6.45, 7) is 0.428. The lowest BCUT2D eigenvalue weighted by molar-refractivity contribution is -0.121. The van der Waals surface area contributed by atoms with Gasteiger partial charge in [-0.2, -0.15) is 4.31 Å². The van der Waals surface area contributed by atoms with E-state index >= 15 is 0 Å². The zero-order valence-corrected chi connectivity index (χ0v) is 11.9. The summed E-state index contributed by atoms with van der Waals surface area (Å²) < 4.78 is 24.6. The van der Waals surface area contributed by atoms with Gasteiger partial charge in [-0.05, 0) is 25.0 Å². The summed E-state index contributed by atoms with van der Waals surface area (Å²) in [4.78, 5) is 13.9. The highest BCUT2D eigenvalue weighted by atomic mass is 32.2. The van der Waals surface area contributed by atoms with Crippen LogP contribution in [0.1, 0.15) is 12.8 Å². The van der Waals surface area contributed by atoms with Crippen molar-refractivity contribution in [3.63, 3.8) is 0 Å². The summed E-state index contributed by atoms with van der Waals surface area (Å²) in [5.74, 6) is -0.172. The molecular formula is C13H18N2O3S. The molecule has 1 heterocycles. The number of hydrogen-bond acceptors (Lipinski definition) is 3. The molecule has 0 radical (unpaired) electrons. The minimum absolute atomic E-state index is 0.172. The second-order valence-corrected chi connectivity index (χ2v) is 6.70. The van der Waals surface area contributed by atoms with Gasteiger partial charge in [0, 0.05) is 19.3 Å². The van der Waals surface area contributed by atoms with Crippen molar-refractivity contribution >= 4 is 21.6 Å². The van der Waals surface area contributed by atoms with Crippen molar-refractivity contribution < 1.29 is 13.2 Å². The number of benzene rings is 1. The molecule has 1 aromatic rings. The fraction of sp³-hybridized carbons (Fsp3) is 0.462. The van der Waals surface area contributed by atoms with E-state index in [-0.39, 0.29) is 5.91 Å². The van der Waals surface area contributed by atoms with Gasteiger partial charge in [0.25, 0.3) is 0 Å². The lowest BCUT2D eigenvalue weighted by Gasteiger charge is -2.26. The average Bonchev–Trinajstić information content (AvgIpc) is 2.87. The molecule has 1 atom stereocenters. The quantitative estimate of drug-likeness (QED) is 0.833. The molecular weight excluding hydrogens is 264 g/mol. The van der Waals surface area contributed by atoms with Crippen molar-refractivity contribution in [1.82, 2.24) is 4.31 Å². The first kappa shape index (κ1) is 14.0. The second kappa shape index (κ2) is 5.30. The standard InChI is InChI=1S/C13H18N2O3S/c1-14(11-7-4-3-5-8-11)13(16)12-9-6-10-15(12)19(2,17)18/h3-5,7-8,12H,6,9-10H2,1-2H3. The fourth-order valence-electron chi connectivity index (χ4n) is 2.39. The number of carbonyl (C=O) groups excluding carboxylic acids is 1. The Kier molecular flexibility index (Phi) is 3.91. The normalized spacial score (nSPS) is 20.4. The Morgan fingerprint density at radius 2 is 1.95 bits per heavy atom. The summed E-state index contributed by atoms with van der Waals surface area (Å²) in [5.41, 5.74) is 0.771. The highest BCUT2D eigenvalue weighted by Crippen LogP contribution is 2.23. The van der Waals surface area contributed by atoms with Crippen LogP contribution in [0.5, 0.6) is 0 Å². The maximum atomic E-state index is 12.4. The molecule has 19 heavy (non-hydrogen) atoms. The van der Waals surface area contributed by atoms with E-state index in [0.29, 0.717) is 13.0 Å². The molecule has 2 rings (SSSR count). The Labute approximate surface area is 113 Å². The number of rotatable bonds is 3. The van der Waals surface area contributed by atoms with Crippen LogP contribution in [0.15, 0.2) is 30.3 Å².